The number of ether oxygens (including phenoxy) is 1. The Morgan fingerprint density at radius 1 is 1.26 bits per heavy atom. The fourth-order valence-electron chi connectivity index (χ4n) is 1.82. The van der Waals surface area contributed by atoms with Gasteiger partial charge in [-0.1, -0.05) is 12.1 Å². The first-order valence-corrected chi connectivity index (χ1v) is 5.99. The molecule has 1 aromatic carbocycles. The number of aromatic nitrogens is 4. The van der Waals surface area contributed by atoms with Crippen LogP contribution in [-0.4, -0.2) is 19.7 Å². The van der Waals surface area contributed by atoms with E-state index in [-0.39, 0.29) is 5.95 Å². The number of hydrogen-bond acceptors (Lipinski definition) is 5. The van der Waals surface area contributed by atoms with Crippen molar-refractivity contribution in [2.45, 2.75) is 13.5 Å². The van der Waals surface area contributed by atoms with E-state index in [4.69, 9.17) is 10.5 Å². The van der Waals surface area contributed by atoms with Crippen LogP contribution in [0.2, 0.25) is 0 Å². The minimum atomic E-state index is 0.191. The third kappa shape index (κ3) is 2.20. The SMILES string of the molecule is CCn1cc(Oc2nc(N)nc3ccccc23)cn1. The van der Waals surface area contributed by atoms with Gasteiger partial charge >= 0.3 is 0 Å². The van der Waals surface area contributed by atoms with E-state index in [1.165, 1.54) is 0 Å². The molecule has 19 heavy (non-hydrogen) atoms. The fraction of sp³-hybridized carbons (Fsp3) is 0.154. The number of nitrogens with two attached hydrogens (primary N) is 1. The molecule has 2 heterocycles. The van der Waals surface area contributed by atoms with Crippen molar-refractivity contribution in [1.82, 2.24) is 19.7 Å². The van der Waals surface area contributed by atoms with Gasteiger partial charge in [-0.05, 0) is 19.1 Å². The van der Waals surface area contributed by atoms with Gasteiger partial charge in [0.1, 0.15) is 0 Å². The molecule has 6 nitrogen and oxygen atoms in total. The molecule has 96 valence electrons. The predicted octanol–water partition coefficient (Wildman–Crippen LogP) is 2.22. The fourth-order valence-corrected chi connectivity index (χ4v) is 1.82. The van der Waals surface area contributed by atoms with Crippen molar-refractivity contribution in [3.05, 3.63) is 36.7 Å². The molecule has 0 amide bonds. The summed E-state index contributed by atoms with van der Waals surface area (Å²) in [6.07, 6.45) is 3.46. The second-order valence-corrected chi connectivity index (χ2v) is 4.04. The van der Waals surface area contributed by atoms with Crippen molar-refractivity contribution in [1.29, 1.82) is 0 Å². The van der Waals surface area contributed by atoms with Crippen molar-refractivity contribution >= 4 is 16.9 Å². The zero-order valence-corrected chi connectivity index (χ0v) is 10.4. The molecule has 2 aromatic heterocycles. The lowest BCUT2D eigenvalue weighted by Gasteiger charge is -2.06. The summed E-state index contributed by atoms with van der Waals surface area (Å²) in [6.45, 7) is 2.80. The topological polar surface area (TPSA) is 78.9 Å². The van der Waals surface area contributed by atoms with Crippen LogP contribution in [0.15, 0.2) is 36.7 Å². The van der Waals surface area contributed by atoms with E-state index in [1.54, 1.807) is 10.9 Å². The molecule has 0 aliphatic rings. The number of nitrogens with zero attached hydrogens (tertiary/aromatic N) is 4. The smallest absolute Gasteiger partial charge is 0.232 e. The Morgan fingerprint density at radius 3 is 2.89 bits per heavy atom. The summed E-state index contributed by atoms with van der Waals surface area (Å²) in [7, 11) is 0. The normalized spacial score (nSPS) is 10.8. The van der Waals surface area contributed by atoms with Gasteiger partial charge in [-0.3, -0.25) is 4.68 Å². The number of nitrogen functional groups attached to an aromatic ring is 1. The van der Waals surface area contributed by atoms with E-state index >= 15 is 0 Å². The second kappa shape index (κ2) is 4.56. The molecule has 0 atom stereocenters. The van der Waals surface area contributed by atoms with Gasteiger partial charge in [0.05, 0.1) is 23.3 Å². The highest BCUT2D eigenvalue weighted by atomic mass is 16.5. The van der Waals surface area contributed by atoms with E-state index in [0.717, 1.165) is 17.4 Å². The molecule has 0 spiro atoms. The lowest BCUT2D eigenvalue weighted by atomic mass is 10.2. The van der Waals surface area contributed by atoms with E-state index in [9.17, 15) is 0 Å². The number of hydrogen-bond donors (Lipinski definition) is 1. The van der Waals surface area contributed by atoms with E-state index in [0.29, 0.717) is 11.6 Å². The molecule has 0 saturated carbocycles. The predicted molar refractivity (Wildman–Crippen MR) is 71.9 cm³/mol. The van der Waals surface area contributed by atoms with Crippen LogP contribution in [0.25, 0.3) is 10.9 Å². The van der Waals surface area contributed by atoms with Gasteiger partial charge in [-0.25, -0.2) is 4.98 Å². The van der Waals surface area contributed by atoms with Crippen LogP contribution in [0.1, 0.15) is 6.92 Å². The lowest BCUT2D eigenvalue weighted by molar-refractivity contribution is 0.468. The Morgan fingerprint density at radius 2 is 2.11 bits per heavy atom. The van der Waals surface area contributed by atoms with Crippen LogP contribution in [0.5, 0.6) is 11.6 Å². The molecule has 0 aliphatic heterocycles. The highest BCUT2D eigenvalue weighted by Crippen LogP contribution is 2.27. The Kier molecular flexibility index (Phi) is 2.75. The number of anilines is 1. The van der Waals surface area contributed by atoms with Gasteiger partial charge < -0.3 is 10.5 Å². The van der Waals surface area contributed by atoms with Crippen LogP contribution in [0.3, 0.4) is 0 Å². The van der Waals surface area contributed by atoms with Gasteiger partial charge in [-0.2, -0.15) is 10.1 Å². The van der Waals surface area contributed by atoms with Crippen LogP contribution < -0.4 is 10.5 Å². The highest BCUT2D eigenvalue weighted by Gasteiger charge is 2.09. The van der Waals surface area contributed by atoms with E-state index in [1.807, 2.05) is 37.4 Å². The molecule has 3 aromatic rings. The zero-order valence-electron chi connectivity index (χ0n) is 10.4. The third-order valence-corrected chi connectivity index (χ3v) is 2.73. The summed E-state index contributed by atoms with van der Waals surface area (Å²) in [5.74, 6) is 1.26. The lowest BCUT2D eigenvalue weighted by Crippen LogP contribution is -1.98. The summed E-state index contributed by atoms with van der Waals surface area (Å²) >= 11 is 0. The summed E-state index contributed by atoms with van der Waals surface area (Å²) < 4.78 is 7.52. The van der Waals surface area contributed by atoms with Gasteiger partial charge in [0, 0.05) is 6.54 Å². The Balaban J connectivity index is 2.04. The molecule has 0 radical (unpaired) electrons. The quantitative estimate of drug-likeness (QED) is 0.776. The zero-order chi connectivity index (χ0) is 13.2. The molecule has 0 aliphatic carbocycles. The number of rotatable bonds is 3. The Hall–Kier alpha value is -2.63. The van der Waals surface area contributed by atoms with Gasteiger partial charge in [-0.15, -0.1) is 0 Å². The molecule has 0 unspecified atom stereocenters. The van der Waals surface area contributed by atoms with Gasteiger partial charge in [0.2, 0.25) is 11.8 Å². The van der Waals surface area contributed by atoms with Crippen LogP contribution in [0, 0.1) is 0 Å². The van der Waals surface area contributed by atoms with Crippen LogP contribution in [-0.2, 0) is 6.54 Å². The molecular formula is C13H13N5O. The highest BCUT2D eigenvalue weighted by molar-refractivity contribution is 5.84. The standard InChI is InChI=1S/C13H13N5O/c1-2-18-8-9(7-15-18)19-12-10-5-3-4-6-11(10)16-13(14)17-12/h3-8H,2H2,1H3,(H2,14,16,17). The van der Waals surface area contributed by atoms with Gasteiger partial charge in [0.25, 0.3) is 0 Å². The van der Waals surface area contributed by atoms with Gasteiger partial charge in [0.15, 0.2) is 5.75 Å². The summed E-state index contributed by atoms with van der Waals surface area (Å²) in [5, 5.41) is 4.97. The number of para-hydroxylation sites is 1. The van der Waals surface area contributed by atoms with Crippen LogP contribution >= 0.6 is 0 Å². The molecule has 0 bridgehead atoms. The maximum Gasteiger partial charge on any atom is 0.232 e. The average molecular weight is 255 g/mol. The van der Waals surface area contributed by atoms with Crippen molar-refractivity contribution in [3.8, 4) is 11.6 Å². The monoisotopic (exact) mass is 255 g/mol. The number of fused-ring (bicyclic) bond motifs is 1. The number of aryl methyl sites for hydroxylation is 1. The van der Waals surface area contributed by atoms with Crippen molar-refractivity contribution < 1.29 is 4.74 Å². The molecular weight excluding hydrogens is 242 g/mol. The van der Waals surface area contributed by atoms with E-state index < -0.39 is 0 Å². The summed E-state index contributed by atoms with van der Waals surface area (Å²) in [5.41, 5.74) is 6.44. The molecule has 0 fully saturated rings. The summed E-state index contributed by atoms with van der Waals surface area (Å²) in [6, 6.07) is 7.57. The minimum absolute atomic E-state index is 0.191. The van der Waals surface area contributed by atoms with Crippen molar-refractivity contribution in [3.63, 3.8) is 0 Å². The van der Waals surface area contributed by atoms with Crippen molar-refractivity contribution in [2.75, 3.05) is 5.73 Å². The second-order valence-electron chi connectivity index (χ2n) is 4.04. The first-order chi connectivity index (χ1) is 9.26. The molecule has 2 N–H and O–H groups in total. The minimum Gasteiger partial charge on any atom is -0.435 e. The molecule has 3 rings (SSSR count). The van der Waals surface area contributed by atoms with Crippen molar-refractivity contribution in [2.24, 2.45) is 0 Å². The number of benzene rings is 1. The summed E-state index contributed by atoms with van der Waals surface area (Å²) in [4.78, 5) is 8.30. The van der Waals surface area contributed by atoms with Crippen LogP contribution in [0.4, 0.5) is 5.95 Å². The largest absolute Gasteiger partial charge is 0.435 e. The molecule has 6 heteroatoms. The average Bonchev–Trinajstić information content (AvgIpc) is 2.86. The first-order valence-electron chi connectivity index (χ1n) is 5.99. The first kappa shape index (κ1) is 11.5. The maximum absolute atomic E-state index is 5.74. The third-order valence-electron chi connectivity index (χ3n) is 2.73. The maximum atomic E-state index is 5.74. The van der Waals surface area contributed by atoms with E-state index in [2.05, 4.69) is 15.1 Å². The Bertz CT molecular complexity index is 722. The Labute approximate surface area is 109 Å². The molecule has 0 saturated heterocycles.